The molecule has 0 N–H and O–H groups in total. The van der Waals surface area contributed by atoms with Crippen LogP contribution >= 0.6 is 11.6 Å². The van der Waals surface area contributed by atoms with E-state index in [0.717, 1.165) is 22.5 Å². The Balaban J connectivity index is 1.45. The zero-order chi connectivity index (χ0) is 21.8. The van der Waals surface area contributed by atoms with Gasteiger partial charge in [0.15, 0.2) is 6.61 Å². The Labute approximate surface area is 184 Å². The van der Waals surface area contributed by atoms with E-state index in [1.165, 1.54) is 5.01 Å². The number of carbonyl (C=O) groups is 2. The molecule has 0 saturated carbocycles. The van der Waals surface area contributed by atoms with Gasteiger partial charge in [0, 0.05) is 23.3 Å². The van der Waals surface area contributed by atoms with Crippen LogP contribution in [0.4, 0.5) is 0 Å². The lowest BCUT2D eigenvalue weighted by molar-refractivity contribution is -0.152. The van der Waals surface area contributed by atoms with E-state index in [1.54, 1.807) is 36.7 Å². The number of hydrogen-bond donors (Lipinski definition) is 0. The number of benzene rings is 1. The van der Waals surface area contributed by atoms with Crippen LogP contribution in [0.15, 0.2) is 70.5 Å². The second-order valence-electron chi connectivity index (χ2n) is 7.17. The Kier molecular flexibility index (Phi) is 6.13. The standard InChI is InChI=1S/C23H20ClN3O4/c1-15-4-5-16(13-25-15)11-23(29)31-14-22(28)27-20(21-3-2-10-30-21)12-19(26-27)17-6-8-18(24)9-7-17/h2-10,13,20H,11-12,14H2,1H3. The van der Waals surface area contributed by atoms with E-state index in [2.05, 4.69) is 10.1 Å². The molecule has 0 radical (unpaired) electrons. The average Bonchev–Trinajstić information content (AvgIpc) is 3.44. The molecule has 2 aromatic heterocycles. The van der Waals surface area contributed by atoms with Crippen LogP contribution in [-0.4, -0.2) is 34.2 Å². The molecule has 4 rings (SSSR count). The summed E-state index contributed by atoms with van der Waals surface area (Å²) in [6.45, 7) is 1.46. The third-order valence-electron chi connectivity index (χ3n) is 4.89. The molecular weight excluding hydrogens is 418 g/mol. The fraction of sp³-hybridized carbons (Fsp3) is 0.217. The largest absolute Gasteiger partial charge is 0.467 e. The minimum Gasteiger partial charge on any atom is -0.467 e. The highest BCUT2D eigenvalue weighted by atomic mass is 35.5. The minimum absolute atomic E-state index is 0.0431. The normalized spacial score (nSPS) is 15.6. The van der Waals surface area contributed by atoms with Gasteiger partial charge in [-0.1, -0.05) is 29.8 Å². The Hall–Kier alpha value is -3.45. The van der Waals surface area contributed by atoms with Gasteiger partial charge in [-0.3, -0.25) is 14.6 Å². The monoisotopic (exact) mass is 437 g/mol. The number of esters is 1. The second kappa shape index (κ2) is 9.14. The highest BCUT2D eigenvalue weighted by molar-refractivity contribution is 6.30. The summed E-state index contributed by atoms with van der Waals surface area (Å²) < 4.78 is 10.7. The van der Waals surface area contributed by atoms with Crippen molar-refractivity contribution in [2.75, 3.05) is 6.61 Å². The van der Waals surface area contributed by atoms with E-state index in [1.807, 2.05) is 31.2 Å². The molecule has 0 bridgehead atoms. The lowest BCUT2D eigenvalue weighted by Crippen LogP contribution is -2.31. The van der Waals surface area contributed by atoms with Crippen LogP contribution in [-0.2, 0) is 20.7 Å². The Morgan fingerprint density at radius 1 is 1.19 bits per heavy atom. The molecule has 3 heterocycles. The molecule has 1 unspecified atom stereocenters. The van der Waals surface area contributed by atoms with Crippen molar-refractivity contribution in [2.45, 2.75) is 25.8 Å². The highest BCUT2D eigenvalue weighted by Crippen LogP contribution is 2.33. The Morgan fingerprint density at radius 2 is 2.00 bits per heavy atom. The van der Waals surface area contributed by atoms with E-state index >= 15 is 0 Å². The molecule has 0 aliphatic carbocycles. The number of halogens is 1. The van der Waals surface area contributed by atoms with Gasteiger partial charge in [-0.2, -0.15) is 5.10 Å². The number of nitrogens with zero attached hydrogens (tertiary/aromatic N) is 3. The first kappa shape index (κ1) is 20.8. The molecule has 8 heteroatoms. The molecule has 1 aliphatic heterocycles. The van der Waals surface area contributed by atoms with Crippen LogP contribution in [0.3, 0.4) is 0 Å². The zero-order valence-electron chi connectivity index (χ0n) is 16.8. The van der Waals surface area contributed by atoms with Crippen LogP contribution in [0.25, 0.3) is 0 Å². The van der Waals surface area contributed by atoms with Crippen molar-refractivity contribution in [3.63, 3.8) is 0 Å². The van der Waals surface area contributed by atoms with Gasteiger partial charge < -0.3 is 9.15 Å². The van der Waals surface area contributed by atoms with Crippen molar-refractivity contribution in [1.82, 2.24) is 9.99 Å². The fourth-order valence-corrected chi connectivity index (χ4v) is 3.41. The third kappa shape index (κ3) is 5.00. The summed E-state index contributed by atoms with van der Waals surface area (Å²) in [6.07, 6.45) is 3.69. The number of furan rings is 1. The predicted molar refractivity (Wildman–Crippen MR) is 115 cm³/mol. The zero-order valence-corrected chi connectivity index (χ0v) is 17.6. The van der Waals surface area contributed by atoms with Gasteiger partial charge in [-0.05, 0) is 48.4 Å². The first-order valence-corrected chi connectivity index (χ1v) is 10.1. The molecule has 7 nitrogen and oxygen atoms in total. The van der Waals surface area contributed by atoms with Gasteiger partial charge in [0.1, 0.15) is 11.8 Å². The SMILES string of the molecule is Cc1ccc(CC(=O)OCC(=O)N2N=C(c3ccc(Cl)cc3)CC2c2ccco2)cn1. The summed E-state index contributed by atoms with van der Waals surface area (Å²) >= 11 is 5.97. The molecule has 0 saturated heterocycles. The van der Waals surface area contributed by atoms with E-state index in [0.29, 0.717) is 17.2 Å². The molecule has 0 fully saturated rings. The van der Waals surface area contributed by atoms with Crippen LogP contribution in [0, 0.1) is 6.92 Å². The maximum atomic E-state index is 12.8. The lowest BCUT2D eigenvalue weighted by atomic mass is 10.0. The smallest absolute Gasteiger partial charge is 0.310 e. The summed E-state index contributed by atoms with van der Waals surface area (Å²) in [4.78, 5) is 29.2. The summed E-state index contributed by atoms with van der Waals surface area (Å²) in [5, 5.41) is 6.43. The van der Waals surface area contributed by atoms with Crippen LogP contribution in [0.5, 0.6) is 0 Å². The predicted octanol–water partition coefficient (Wildman–Crippen LogP) is 4.10. The van der Waals surface area contributed by atoms with Gasteiger partial charge >= 0.3 is 5.97 Å². The summed E-state index contributed by atoms with van der Waals surface area (Å²) in [7, 11) is 0. The van der Waals surface area contributed by atoms with Gasteiger partial charge in [0.05, 0.1) is 18.4 Å². The lowest BCUT2D eigenvalue weighted by Gasteiger charge is -2.19. The van der Waals surface area contributed by atoms with E-state index in [9.17, 15) is 9.59 Å². The summed E-state index contributed by atoms with van der Waals surface area (Å²) in [5.74, 6) is -0.325. The quantitative estimate of drug-likeness (QED) is 0.542. The number of pyridine rings is 1. The molecule has 1 amide bonds. The first-order valence-electron chi connectivity index (χ1n) is 9.75. The number of hydrogen-bond acceptors (Lipinski definition) is 6. The number of amides is 1. The van der Waals surface area contributed by atoms with Gasteiger partial charge in [0.2, 0.25) is 0 Å². The Bertz CT molecular complexity index is 1090. The molecule has 158 valence electrons. The Morgan fingerprint density at radius 3 is 2.68 bits per heavy atom. The van der Waals surface area contributed by atoms with E-state index < -0.39 is 24.5 Å². The molecule has 1 atom stereocenters. The highest BCUT2D eigenvalue weighted by Gasteiger charge is 2.35. The number of hydrazone groups is 1. The van der Waals surface area contributed by atoms with Gasteiger partial charge in [-0.25, -0.2) is 5.01 Å². The maximum absolute atomic E-state index is 12.8. The summed E-state index contributed by atoms with van der Waals surface area (Å²) in [5.41, 5.74) is 3.17. The van der Waals surface area contributed by atoms with Crippen molar-refractivity contribution in [3.05, 3.63) is 88.6 Å². The molecular formula is C23H20ClN3O4. The maximum Gasteiger partial charge on any atom is 0.310 e. The average molecular weight is 438 g/mol. The van der Waals surface area contributed by atoms with Crippen molar-refractivity contribution < 1.29 is 18.7 Å². The topological polar surface area (TPSA) is 85.0 Å². The van der Waals surface area contributed by atoms with Crippen LogP contribution in [0.1, 0.15) is 35.0 Å². The van der Waals surface area contributed by atoms with E-state index in [-0.39, 0.29) is 6.42 Å². The minimum atomic E-state index is -0.505. The molecule has 1 aromatic carbocycles. The second-order valence-corrected chi connectivity index (χ2v) is 7.61. The van der Waals surface area contributed by atoms with Crippen molar-refractivity contribution in [3.8, 4) is 0 Å². The molecule has 0 spiro atoms. The molecule has 3 aromatic rings. The van der Waals surface area contributed by atoms with Gasteiger partial charge in [-0.15, -0.1) is 0 Å². The number of carbonyl (C=O) groups excluding carboxylic acids is 2. The van der Waals surface area contributed by atoms with Crippen molar-refractivity contribution in [1.29, 1.82) is 0 Å². The molecule has 31 heavy (non-hydrogen) atoms. The summed E-state index contributed by atoms with van der Waals surface area (Å²) in [6, 6.07) is 14.0. The van der Waals surface area contributed by atoms with Crippen LogP contribution < -0.4 is 0 Å². The first-order chi connectivity index (χ1) is 15.0. The van der Waals surface area contributed by atoms with Crippen molar-refractivity contribution in [2.24, 2.45) is 5.10 Å². The van der Waals surface area contributed by atoms with Crippen LogP contribution in [0.2, 0.25) is 5.02 Å². The molecule has 1 aliphatic rings. The fourth-order valence-electron chi connectivity index (χ4n) is 3.29. The third-order valence-corrected chi connectivity index (χ3v) is 5.14. The van der Waals surface area contributed by atoms with E-state index in [4.69, 9.17) is 20.8 Å². The van der Waals surface area contributed by atoms with Crippen molar-refractivity contribution >= 4 is 29.2 Å². The number of aromatic nitrogens is 1. The van der Waals surface area contributed by atoms with Gasteiger partial charge in [0.25, 0.3) is 5.91 Å². The number of ether oxygens (including phenoxy) is 1. The number of aryl methyl sites for hydroxylation is 1. The number of rotatable bonds is 6.